The first-order chi connectivity index (χ1) is 9.51. The van der Waals surface area contributed by atoms with E-state index in [2.05, 4.69) is 17.4 Å². The van der Waals surface area contributed by atoms with Gasteiger partial charge in [0.15, 0.2) is 0 Å². The molecule has 20 heavy (non-hydrogen) atoms. The highest BCUT2D eigenvalue weighted by Crippen LogP contribution is 2.37. The number of carbonyl (C=O) groups is 1. The fourth-order valence-corrected chi connectivity index (χ4v) is 2.80. The second-order valence-electron chi connectivity index (χ2n) is 5.66. The number of carbonyl (C=O) groups excluding carboxylic acids is 1. The minimum absolute atomic E-state index is 0.101. The first kappa shape index (κ1) is 15.3. The van der Waals surface area contributed by atoms with E-state index in [0.717, 1.165) is 24.4 Å². The third kappa shape index (κ3) is 3.53. The SMILES string of the molecule is CCN(C)C(=O)C(C)NC1CC(c2ccc(Cl)cc2)C1. The van der Waals surface area contributed by atoms with Crippen LogP contribution in [0, 0.1) is 0 Å². The fraction of sp³-hybridized carbons (Fsp3) is 0.562. The number of hydrogen-bond acceptors (Lipinski definition) is 2. The van der Waals surface area contributed by atoms with Crippen LogP contribution in [0.2, 0.25) is 5.02 Å². The lowest BCUT2D eigenvalue weighted by atomic mass is 9.75. The van der Waals surface area contributed by atoms with Gasteiger partial charge in [-0.3, -0.25) is 4.79 Å². The minimum atomic E-state index is -0.101. The van der Waals surface area contributed by atoms with Crippen LogP contribution >= 0.6 is 11.6 Å². The number of nitrogens with zero attached hydrogens (tertiary/aromatic N) is 1. The third-order valence-corrected chi connectivity index (χ3v) is 4.44. The second kappa shape index (κ2) is 6.59. The van der Waals surface area contributed by atoms with Gasteiger partial charge in [0, 0.05) is 24.7 Å². The largest absolute Gasteiger partial charge is 0.345 e. The Morgan fingerprint density at radius 1 is 1.40 bits per heavy atom. The topological polar surface area (TPSA) is 32.3 Å². The van der Waals surface area contributed by atoms with Gasteiger partial charge in [0.25, 0.3) is 0 Å². The molecule has 1 unspecified atom stereocenters. The number of nitrogens with one attached hydrogen (secondary N) is 1. The summed E-state index contributed by atoms with van der Waals surface area (Å²) < 4.78 is 0. The standard InChI is InChI=1S/C16H23ClN2O/c1-4-19(3)16(20)11(2)18-15-9-13(10-15)12-5-7-14(17)8-6-12/h5-8,11,13,15,18H,4,9-10H2,1-3H3. The summed E-state index contributed by atoms with van der Waals surface area (Å²) >= 11 is 5.90. The van der Waals surface area contributed by atoms with Crippen LogP contribution in [0.3, 0.4) is 0 Å². The molecule has 1 aromatic carbocycles. The molecular formula is C16H23ClN2O. The van der Waals surface area contributed by atoms with Crippen LogP contribution < -0.4 is 5.32 Å². The number of benzene rings is 1. The van der Waals surface area contributed by atoms with Gasteiger partial charge in [0.2, 0.25) is 5.91 Å². The van der Waals surface area contributed by atoms with Gasteiger partial charge >= 0.3 is 0 Å². The van der Waals surface area contributed by atoms with Crippen molar-refractivity contribution in [3.63, 3.8) is 0 Å². The predicted molar refractivity (Wildman–Crippen MR) is 83.1 cm³/mol. The van der Waals surface area contributed by atoms with Gasteiger partial charge in [-0.15, -0.1) is 0 Å². The summed E-state index contributed by atoms with van der Waals surface area (Å²) in [5.41, 5.74) is 1.34. The van der Waals surface area contributed by atoms with E-state index in [0.29, 0.717) is 12.0 Å². The molecule has 1 saturated carbocycles. The maximum Gasteiger partial charge on any atom is 0.239 e. The van der Waals surface area contributed by atoms with Crippen LogP contribution in [-0.2, 0) is 4.79 Å². The van der Waals surface area contributed by atoms with E-state index in [-0.39, 0.29) is 11.9 Å². The van der Waals surface area contributed by atoms with Crippen LogP contribution in [0.4, 0.5) is 0 Å². The number of amides is 1. The molecule has 0 spiro atoms. The highest BCUT2D eigenvalue weighted by atomic mass is 35.5. The van der Waals surface area contributed by atoms with Gasteiger partial charge in [-0.1, -0.05) is 23.7 Å². The molecule has 1 aliphatic carbocycles. The van der Waals surface area contributed by atoms with Gasteiger partial charge in [-0.25, -0.2) is 0 Å². The molecule has 0 saturated heterocycles. The average molecular weight is 295 g/mol. The summed E-state index contributed by atoms with van der Waals surface area (Å²) in [4.78, 5) is 13.7. The molecule has 1 N–H and O–H groups in total. The molecule has 0 aliphatic heterocycles. The Bertz CT molecular complexity index is 454. The van der Waals surface area contributed by atoms with Crippen molar-refractivity contribution < 1.29 is 4.79 Å². The zero-order chi connectivity index (χ0) is 14.7. The van der Waals surface area contributed by atoms with E-state index in [1.807, 2.05) is 33.0 Å². The minimum Gasteiger partial charge on any atom is -0.345 e. The van der Waals surface area contributed by atoms with E-state index >= 15 is 0 Å². The Balaban J connectivity index is 1.79. The van der Waals surface area contributed by atoms with Gasteiger partial charge in [-0.2, -0.15) is 0 Å². The van der Waals surface area contributed by atoms with E-state index < -0.39 is 0 Å². The summed E-state index contributed by atoms with van der Waals surface area (Å²) in [7, 11) is 1.85. The molecule has 110 valence electrons. The molecule has 1 amide bonds. The molecular weight excluding hydrogens is 272 g/mol. The van der Waals surface area contributed by atoms with Crippen molar-refractivity contribution in [1.29, 1.82) is 0 Å². The molecule has 0 heterocycles. The second-order valence-corrected chi connectivity index (χ2v) is 6.09. The fourth-order valence-electron chi connectivity index (χ4n) is 2.67. The summed E-state index contributed by atoms with van der Waals surface area (Å²) in [5, 5.41) is 4.21. The normalized spacial score (nSPS) is 23.0. The lowest BCUT2D eigenvalue weighted by Gasteiger charge is -2.38. The van der Waals surface area contributed by atoms with E-state index in [1.165, 1.54) is 5.56 Å². The van der Waals surface area contributed by atoms with Crippen molar-refractivity contribution in [3.8, 4) is 0 Å². The first-order valence-electron chi connectivity index (χ1n) is 7.27. The highest BCUT2D eigenvalue weighted by Gasteiger charge is 2.32. The van der Waals surface area contributed by atoms with Crippen LogP contribution in [0.25, 0.3) is 0 Å². The Morgan fingerprint density at radius 3 is 2.55 bits per heavy atom. The Hall–Kier alpha value is -1.06. The van der Waals surface area contributed by atoms with Crippen molar-refractivity contribution in [3.05, 3.63) is 34.9 Å². The number of hydrogen-bond donors (Lipinski definition) is 1. The molecule has 4 heteroatoms. The van der Waals surface area contributed by atoms with E-state index in [1.54, 1.807) is 4.90 Å². The zero-order valence-corrected chi connectivity index (χ0v) is 13.2. The Kier molecular flexibility index (Phi) is 5.06. The molecule has 0 bridgehead atoms. The molecule has 2 rings (SSSR count). The lowest BCUT2D eigenvalue weighted by molar-refractivity contribution is -0.131. The zero-order valence-electron chi connectivity index (χ0n) is 12.4. The number of rotatable bonds is 5. The molecule has 1 atom stereocenters. The van der Waals surface area contributed by atoms with Gasteiger partial charge in [0.05, 0.1) is 6.04 Å². The molecule has 1 aliphatic rings. The van der Waals surface area contributed by atoms with E-state index in [9.17, 15) is 4.79 Å². The van der Waals surface area contributed by atoms with Crippen molar-refractivity contribution in [2.45, 2.75) is 44.7 Å². The smallest absolute Gasteiger partial charge is 0.239 e. The van der Waals surface area contributed by atoms with Crippen molar-refractivity contribution >= 4 is 17.5 Å². The van der Waals surface area contributed by atoms with Gasteiger partial charge < -0.3 is 10.2 Å². The quantitative estimate of drug-likeness (QED) is 0.905. The third-order valence-electron chi connectivity index (χ3n) is 4.19. The predicted octanol–water partition coefficient (Wildman–Crippen LogP) is 3.04. The van der Waals surface area contributed by atoms with Crippen molar-refractivity contribution in [2.24, 2.45) is 0 Å². The van der Waals surface area contributed by atoms with Crippen LogP contribution in [0.15, 0.2) is 24.3 Å². The summed E-state index contributed by atoms with van der Waals surface area (Å²) in [6.45, 7) is 4.69. The lowest BCUT2D eigenvalue weighted by Crippen LogP contribution is -2.50. The maximum atomic E-state index is 12.0. The van der Waals surface area contributed by atoms with Crippen LogP contribution in [-0.4, -0.2) is 36.5 Å². The molecule has 1 fully saturated rings. The van der Waals surface area contributed by atoms with Crippen molar-refractivity contribution in [1.82, 2.24) is 10.2 Å². The molecule has 0 aromatic heterocycles. The molecule has 3 nitrogen and oxygen atoms in total. The number of halogens is 1. The van der Waals surface area contributed by atoms with Crippen LogP contribution in [0.5, 0.6) is 0 Å². The Labute approximate surface area is 126 Å². The summed E-state index contributed by atoms with van der Waals surface area (Å²) in [6.07, 6.45) is 2.18. The van der Waals surface area contributed by atoms with E-state index in [4.69, 9.17) is 11.6 Å². The highest BCUT2D eigenvalue weighted by molar-refractivity contribution is 6.30. The van der Waals surface area contributed by atoms with Crippen LogP contribution in [0.1, 0.15) is 38.2 Å². The number of likely N-dealkylation sites (N-methyl/N-ethyl adjacent to an activating group) is 1. The molecule has 0 radical (unpaired) electrons. The average Bonchev–Trinajstić information content (AvgIpc) is 2.41. The van der Waals surface area contributed by atoms with Gasteiger partial charge in [0.1, 0.15) is 0 Å². The maximum absolute atomic E-state index is 12.0. The monoisotopic (exact) mass is 294 g/mol. The summed E-state index contributed by atoms with van der Waals surface area (Å²) in [5.74, 6) is 0.762. The Morgan fingerprint density at radius 2 is 2.00 bits per heavy atom. The van der Waals surface area contributed by atoms with Crippen molar-refractivity contribution in [2.75, 3.05) is 13.6 Å². The molecule has 1 aromatic rings. The summed E-state index contributed by atoms with van der Waals surface area (Å²) in [6, 6.07) is 8.43. The first-order valence-corrected chi connectivity index (χ1v) is 7.65. The van der Waals surface area contributed by atoms with Gasteiger partial charge in [-0.05, 0) is 50.3 Å².